The van der Waals surface area contributed by atoms with E-state index in [0.717, 1.165) is 11.9 Å². The number of hydrogen-bond acceptors (Lipinski definition) is 4. The Balaban J connectivity index is 1.99. The molecule has 0 saturated heterocycles. The van der Waals surface area contributed by atoms with Crippen LogP contribution in [-0.2, 0) is 16.6 Å². The second-order valence-electron chi connectivity index (χ2n) is 4.59. The van der Waals surface area contributed by atoms with Crippen LogP contribution in [0.4, 0.5) is 11.5 Å². The van der Waals surface area contributed by atoms with Gasteiger partial charge in [-0.3, -0.25) is 4.72 Å². The average molecular weight is 291 g/mol. The largest absolute Gasteiger partial charge is 0.380 e. The molecule has 1 aromatic carbocycles. The predicted molar refractivity (Wildman–Crippen MR) is 81.2 cm³/mol. The summed E-state index contributed by atoms with van der Waals surface area (Å²) in [5.41, 5.74) is 3.28. The van der Waals surface area contributed by atoms with Gasteiger partial charge in [-0.2, -0.15) is 0 Å². The molecule has 0 aliphatic carbocycles. The summed E-state index contributed by atoms with van der Waals surface area (Å²) in [4.78, 5) is 4.05. The van der Waals surface area contributed by atoms with Gasteiger partial charge in [-0.05, 0) is 30.2 Å². The Kier molecular flexibility index (Phi) is 4.24. The number of pyridine rings is 1. The minimum atomic E-state index is -3.28. The summed E-state index contributed by atoms with van der Waals surface area (Å²) >= 11 is 0. The van der Waals surface area contributed by atoms with Crippen molar-refractivity contribution in [3.05, 3.63) is 53.7 Å². The van der Waals surface area contributed by atoms with Crippen LogP contribution in [0.3, 0.4) is 0 Å². The number of aromatic nitrogens is 1. The van der Waals surface area contributed by atoms with Crippen molar-refractivity contribution >= 4 is 21.5 Å². The molecule has 106 valence electrons. The fourth-order valence-electron chi connectivity index (χ4n) is 1.75. The molecule has 0 unspecified atom stereocenters. The molecule has 0 aliphatic heterocycles. The van der Waals surface area contributed by atoms with Gasteiger partial charge in [0.05, 0.1) is 18.1 Å². The molecule has 0 saturated carbocycles. The number of aryl methyl sites for hydroxylation is 1. The lowest BCUT2D eigenvalue weighted by Crippen LogP contribution is -2.10. The molecule has 0 bridgehead atoms. The Morgan fingerprint density at radius 2 is 1.90 bits per heavy atom. The normalized spacial score (nSPS) is 11.1. The van der Waals surface area contributed by atoms with Gasteiger partial charge >= 0.3 is 0 Å². The first-order valence-corrected chi connectivity index (χ1v) is 8.05. The summed E-state index contributed by atoms with van der Waals surface area (Å²) in [6, 6.07) is 11.6. The lowest BCUT2D eigenvalue weighted by molar-refractivity contribution is 0.606. The van der Waals surface area contributed by atoms with E-state index in [9.17, 15) is 8.42 Å². The number of rotatable bonds is 5. The van der Waals surface area contributed by atoms with Crippen LogP contribution in [-0.4, -0.2) is 19.7 Å². The molecule has 1 aromatic heterocycles. The summed E-state index contributed by atoms with van der Waals surface area (Å²) in [5, 5.41) is 3.25. The van der Waals surface area contributed by atoms with Crippen molar-refractivity contribution < 1.29 is 8.42 Å². The smallest absolute Gasteiger partial charge is 0.230 e. The number of nitrogens with one attached hydrogen (secondary N) is 2. The van der Waals surface area contributed by atoms with Gasteiger partial charge in [0.1, 0.15) is 5.82 Å². The minimum Gasteiger partial charge on any atom is -0.380 e. The average Bonchev–Trinajstić information content (AvgIpc) is 2.38. The van der Waals surface area contributed by atoms with E-state index in [1.165, 1.54) is 11.1 Å². The van der Waals surface area contributed by atoms with E-state index >= 15 is 0 Å². The molecule has 2 N–H and O–H groups in total. The molecule has 1 heterocycles. The van der Waals surface area contributed by atoms with Crippen molar-refractivity contribution in [1.82, 2.24) is 4.98 Å². The first-order valence-electron chi connectivity index (χ1n) is 6.16. The number of sulfonamides is 1. The van der Waals surface area contributed by atoms with Crippen LogP contribution in [0.25, 0.3) is 0 Å². The fraction of sp³-hybridized carbons (Fsp3) is 0.214. The predicted octanol–water partition coefficient (Wildman–Crippen LogP) is 2.37. The standard InChI is InChI=1S/C14H17N3O2S/c1-11-5-3-4-6-12(11)9-15-13-7-8-14(16-10-13)17-20(2,18)19/h3-8,10,15H,9H2,1-2H3,(H,16,17). The van der Waals surface area contributed by atoms with E-state index in [0.29, 0.717) is 12.4 Å². The SMILES string of the molecule is Cc1ccccc1CNc1ccc(NS(C)(=O)=O)nc1. The third-order valence-corrected chi connectivity index (χ3v) is 3.38. The molecule has 0 aliphatic rings. The molecular weight excluding hydrogens is 274 g/mol. The van der Waals surface area contributed by atoms with Gasteiger partial charge in [0, 0.05) is 6.54 Å². The van der Waals surface area contributed by atoms with Gasteiger partial charge in [0.2, 0.25) is 10.0 Å². The van der Waals surface area contributed by atoms with Gasteiger partial charge in [-0.1, -0.05) is 24.3 Å². The number of hydrogen-bond donors (Lipinski definition) is 2. The summed E-state index contributed by atoms with van der Waals surface area (Å²) in [7, 11) is -3.28. The molecule has 0 radical (unpaired) electrons. The van der Waals surface area contributed by atoms with Crippen molar-refractivity contribution in [3.8, 4) is 0 Å². The monoisotopic (exact) mass is 291 g/mol. The Morgan fingerprint density at radius 3 is 2.50 bits per heavy atom. The third kappa shape index (κ3) is 4.24. The van der Waals surface area contributed by atoms with E-state index in [1.54, 1.807) is 18.3 Å². The first-order chi connectivity index (χ1) is 9.44. The van der Waals surface area contributed by atoms with Crippen molar-refractivity contribution in [3.63, 3.8) is 0 Å². The van der Waals surface area contributed by atoms with Crippen LogP contribution < -0.4 is 10.0 Å². The van der Waals surface area contributed by atoms with Gasteiger partial charge in [-0.15, -0.1) is 0 Å². The Bertz CT molecular complexity index is 682. The molecule has 0 fully saturated rings. The quantitative estimate of drug-likeness (QED) is 0.887. The van der Waals surface area contributed by atoms with Crippen LogP contribution in [0.1, 0.15) is 11.1 Å². The van der Waals surface area contributed by atoms with Crippen LogP contribution in [0.2, 0.25) is 0 Å². The highest BCUT2D eigenvalue weighted by atomic mass is 32.2. The highest BCUT2D eigenvalue weighted by Crippen LogP contribution is 2.13. The maximum atomic E-state index is 11.1. The minimum absolute atomic E-state index is 0.314. The maximum absolute atomic E-state index is 11.1. The Labute approximate surface area is 119 Å². The highest BCUT2D eigenvalue weighted by Gasteiger charge is 2.03. The molecule has 2 rings (SSSR count). The summed E-state index contributed by atoms with van der Waals surface area (Å²) < 4.78 is 24.5. The Morgan fingerprint density at radius 1 is 1.15 bits per heavy atom. The highest BCUT2D eigenvalue weighted by molar-refractivity contribution is 7.92. The van der Waals surface area contributed by atoms with Crippen molar-refractivity contribution in [2.24, 2.45) is 0 Å². The van der Waals surface area contributed by atoms with Gasteiger partial charge in [0.25, 0.3) is 0 Å². The van der Waals surface area contributed by atoms with E-state index in [2.05, 4.69) is 34.1 Å². The number of benzene rings is 1. The molecule has 5 nitrogen and oxygen atoms in total. The first kappa shape index (κ1) is 14.3. The molecule has 0 spiro atoms. The second kappa shape index (κ2) is 5.92. The topological polar surface area (TPSA) is 71.1 Å². The summed E-state index contributed by atoms with van der Waals surface area (Å²) in [6.45, 7) is 2.77. The van der Waals surface area contributed by atoms with Crippen LogP contribution in [0.5, 0.6) is 0 Å². The van der Waals surface area contributed by atoms with Crippen LogP contribution in [0.15, 0.2) is 42.6 Å². The zero-order valence-electron chi connectivity index (χ0n) is 11.4. The third-order valence-electron chi connectivity index (χ3n) is 2.80. The van der Waals surface area contributed by atoms with Crippen LogP contribution in [0, 0.1) is 6.92 Å². The van der Waals surface area contributed by atoms with Crippen molar-refractivity contribution in [1.29, 1.82) is 0 Å². The number of anilines is 2. The summed E-state index contributed by atoms with van der Waals surface area (Å²) in [5.74, 6) is 0.314. The number of nitrogens with zero attached hydrogens (tertiary/aromatic N) is 1. The summed E-state index contributed by atoms with van der Waals surface area (Å²) in [6.07, 6.45) is 2.70. The van der Waals surface area contributed by atoms with Gasteiger partial charge in [0.15, 0.2) is 0 Å². The van der Waals surface area contributed by atoms with E-state index in [4.69, 9.17) is 0 Å². The van der Waals surface area contributed by atoms with Crippen LogP contribution >= 0.6 is 0 Å². The zero-order valence-corrected chi connectivity index (χ0v) is 12.2. The van der Waals surface area contributed by atoms with Gasteiger partial charge < -0.3 is 5.32 Å². The van der Waals surface area contributed by atoms with Crippen molar-refractivity contribution in [2.75, 3.05) is 16.3 Å². The Hall–Kier alpha value is -2.08. The molecule has 20 heavy (non-hydrogen) atoms. The molecule has 0 amide bonds. The van der Waals surface area contributed by atoms with Gasteiger partial charge in [-0.25, -0.2) is 13.4 Å². The van der Waals surface area contributed by atoms with E-state index in [-0.39, 0.29) is 0 Å². The lowest BCUT2D eigenvalue weighted by Gasteiger charge is -2.09. The second-order valence-corrected chi connectivity index (χ2v) is 6.33. The maximum Gasteiger partial charge on any atom is 0.230 e. The molecule has 0 atom stereocenters. The van der Waals surface area contributed by atoms with E-state index in [1.807, 2.05) is 12.1 Å². The fourth-order valence-corrected chi connectivity index (χ4v) is 2.26. The molecule has 2 aromatic rings. The zero-order chi connectivity index (χ0) is 14.6. The lowest BCUT2D eigenvalue weighted by atomic mass is 10.1. The van der Waals surface area contributed by atoms with E-state index < -0.39 is 10.0 Å². The van der Waals surface area contributed by atoms with Crippen molar-refractivity contribution in [2.45, 2.75) is 13.5 Å². The molecular formula is C14H17N3O2S. The molecule has 6 heteroatoms.